The summed E-state index contributed by atoms with van der Waals surface area (Å²) in [5, 5.41) is 2.73. The molecule has 0 aliphatic carbocycles. The Balaban J connectivity index is 1.93. The van der Waals surface area contributed by atoms with Crippen LogP contribution in [0, 0.1) is 0 Å². The normalized spacial score (nSPS) is 14.9. The molecular formula is C26H34N4O4. The van der Waals surface area contributed by atoms with Crippen LogP contribution < -0.4 is 5.32 Å². The Bertz CT molecular complexity index is 996. The molecular weight excluding hydrogens is 432 g/mol. The minimum absolute atomic E-state index is 0.0208. The quantitative estimate of drug-likeness (QED) is 0.674. The standard InChI is InChI=1S/C26H34N4O4/c1-5-28(6-2)25(32)21-12-10-20(11-13-21)24(30-16-14-29(15-17-30)19(3)31)22-8-7-9-23(18-22)27-26(33)34-4/h7-13,18,24H,5-6,14-17H2,1-4H3,(H,27,33). The molecule has 0 spiro atoms. The van der Waals surface area contributed by atoms with Gasteiger partial charge in [-0.15, -0.1) is 0 Å². The summed E-state index contributed by atoms with van der Waals surface area (Å²) in [4.78, 5) is 42.3. The summed E-state index contributed by atoms with van der Waals surface area (Å²) >= 11 is 0. The van der Waals surface area contributed by atoms with Gasteiger partial charge in [0.05, 0.1) is 13.2 Å². The van der Waals surface area contributed by atoms with E-state index in [1.54, 1.807) is 11.8 Å². The van der Waals surface area contributed by atoms with Gasteiger partial charge in [-0.25, -0.2) is 4.79 Å². The summed E-state index contributed by atoms with van der Waals surface area (Å²) in [6.07, 6.45) is -0.525. The molecule has 1 unspecified atom stereocenters. The predicted molar refractivity (Wildman–Crippen MR) is 132 cm³/mol. The average Bonchev–Trinajstić information content (AvgIpc) is 2.86. The van der Waals surface area contributed by atoms with Crippen LogP contribution in [0.2, 0.25) is 0 Å². The molecule has 3 amide bonds. The van der Waals surface area contributed by atoms with Gasteiger partial charge in [-0.05, 0) is 49.2 Å². The number of methoxy groups -OCH3 is 1. The second kappa shape index (κ2) is 11.7. The van der Waals surface area contributed by atoms with Crippen LogP contribution in [0.25, 0.3) is 0 Å². The minimum atomic E-state index is -0.525. The lowest BCUT2D eigenvalue weighted by atomic mass is 9.95. The Kier molecular flexibility index (Phi) is 8.65. The van der Waals surface area contributed by atoms with E-state index < -0.39 is 6.09 Å². The number of ether oxygens (including phenoxy) is 1. The molecule has 1 N–H and O–H groups in total. The Morgan fingerprint density at radius 2 is 1.62 bits per heavy atom. The maximum absolute atomic E-state index is 12.8. The Morgan fingerprint density at radius 3 is 2.18 bits per heavy atom. The van der Waals surface area contributed by atoms with Crippen LogP contribution in [-0.4, -0.2) is 79.0 Å². The van der Waals surface area contributed by atoms with Crippen molar-refractivity contribution in [3.05, 3.63) is 65.2 Å². The van der Waals surface area contributed by atoms with Gasteiger partial charge < -0.3 is 14.5 Å². The first-order valence-electron chi connectivity index (χ1n) is 11.7. The zero-order valence-electron chi connectivity index (χ0n) is 20.4. The number of nitrogens with one attached hydrogen (secondary N) is 1. The molecule has 3 rings (SSSR count). The van der Waals surface area contributed by atoms with Crippen LogP contribution >= 0.6 is 0 Å². The van der Waals surface area contributed by atoms with Gasteiger partial charge in [0.15, 0.2) is 0 Å². The first kappa shape index (κ1) is 25.2. The predicted octanol–water partition coefficient (Wildman–Crippen LogP) is 3.60. The van der Waals surface area contributed by atoms with E-state index in [4.69, 9.17) is 4.74 Å². The second-order valence-electron chi connectivity index (χ2n) is 8.29. The number of hydrogen-bond donors (Lipinski definition) is 1. The van der Waals surface area contributed by atoms with Crippen LogP contribution in [-0.2, 0) is 9.53 Å². The third-order valence-corrected chi connectivity index (χ3v) is 6.28. The number of nitrogens with zero attached hydrogens (tertiary/aromatic N) is 3. The fraction of sp³-hybridized carbons (Fsp3) is 0.423. The molecule has 1 atom stereocenters. The van der Waals surface area contributed by atoms with Crippen molar-refractivity contribution in [2.24, 2.45) is 0 Å². The maximum atomic E-state index is 12.8. The highest BCUT2D eigenvalue weighted by atomic mass is 16.5. The van der Waals surface area contributed by atoms with Crippen LogP contribution in [0.4, 0.5) is 10.5 Å². The van der Waals surface area contributed by atoms with Gasteiger partial charge in [-0.2, -0.15) is 0 Å². The van der Waals surface area contributed by atoms with Gasteiger partial charge in [0.1, 0.15) is 0 Å². The van der Waals surface area contributed by atoms with Crippen LogP contribution in [0.15, 0.2) is 48.5 Å². The molecule has 8 nitrogen and oxygen atoms in total. The highest BCUT2D eigenvalue weighted by Gasteiger charge is 2.28. The van der Waals surface area contributed by atoms with Gasteiger partial charge in [-0.1, -0.05) is 24.3 Å². The zero-order chi connectivity index (χ0) is 24.7. The summed E-state index contributed by atoms with van der Waals surface area (Å²) in [7, 11) is 1.33. The van der Waals surface area contributed by atoms with Crippen molar-refractivity contribution in [1.29, 1.82) is 0 Å². The first-order chi connectivity index (χ1) is 16.4. The van der Waals surface area contributed by atoms with Crippen molar-refractivity contribution in [2.45, 2.75) is 26.8 Å². The maximum Gasteiger partial charge on any atom is 0.411 e. The van der Waals surface area contributed by atoms with Gasteiger partial charge in [0.2, 0.25) is 5.91 Å². The van der Waals surface area contributed by atoms with Crippen molar-refractivity contribution in [1.82, 2.24) is 14.7 Å². The number of anilines is 1. The molecule has 0 saturated carbocycles. The molecule has 1 aliphatic heterocycles. The van der Waals surface area contributed by atoms with Gasteiger partial charge in [0, 0.05) is 57.4 Å². The fourth-order valence-corrected chi connectivity index (χ4v) is 4.37. The third-order valence-electron chi connectivity index (χ3n) is 6.28. The van der Waals surface area contributed by atoms with E-state index in [0.29, 0.717) is 37.4 Å². The second-order valence-corrected chi connectivity index (χ2v) is 8.29. The van der Waals surface area contributed by atoms with E-state index in [1.165, 1.54) is 7.11 Å². The number of carbonyl (C=O) groups is 3. The van der Waals surface area contributed by atoms with Crippen molar-refractivity contribution >= 4 is 23.6 Å². The molecule has 1 heterocycles. The van der Waals surface area contributed by atoms with Gasteiger partial charge in [-0.3, -0.25) is 19.8 Å². The first-order valence-corrected chi connectivity index (χ1v) is 11.7. The van der Waals surface area contributed by atoms with Crippen molar-refractivity contribution in [2.75, 3.05) is 51.7 Å². The molecule has 1 fully saturated rings. The average molecular weight is 467 g/mol. The van der Waals surface area contributed by atoms with Crippen molar-refractivity contribution < 1.29 is 19.1 Å². The number of amides is 3. The number of rotatable bonds is 7. The molecule has 8 heteroatoms. The zero-order valence-corrected chi connectivity index (χ0v) is 20.4. The SMILES string of the molecule is CCN(CC)C(=O)c1ccc(C(c2cccc(NC(=O)OC)c2)N2CCN(C(C)=O)CC2)cc1. The van der Waals surface area contributed by atoms with Gasteiger partial charge in [0.25, 0.3) is 5.91 Å². The molecule has 0 radical (unpaired) electrons. The molecule has 1 aliphatic rings. The number of benzene rings is 2. The van der Waals surface area contributed by atoms with E-state index in [9.17, 15) is 14.4 Å². The topological polar surface area (TPSA) is 82.2 Å². The van der Waals surface area contributed by atoms with Crippen LogP contribution in [0.1, 0.15) is 48.3 Å². The van der Waals surface area contributed by atoms with Gasteiger partial charge >= 0.3 is 6.09 Å². The van der Waals surface area contributed by atoms with Crippen LogP contribution in [0.3, 0.4) is 0 Å². The lowest BCUT2D eigenvalue weighted by Crippen LogP contribution is -2.49. The number of carbonyl (C=O) groups excluding carboxylic acids is 3. The highest BCUT2D eigenvalue weighted by Crippen LogP contribution is 2.31. The smallest absolute Gasteiger partial charge is 0.411 e. The molecule has 1 saturated heterocycles. The monoisotopic (exact) mass is 466 g/mol. The number of piperazine rings is 1. The summed E-state index contributed by atoms with van der Waals surface area (Å²) in [5.74, 6) is 0.104. The summed E-state index contributed by atoms with van der Waals surface area (Å²) in [5.41, 5.74) is 3.36. The lowest BCUT2D eigenvalue weighted by Gasteiger charge is -2.39. The molecule has 34 heavy (non-hydrogen) atoms. The van der Waals surface area contributed by atoms with E-state index in [1.807, 2.05) is 67.3 Å². The van der Waals surface area contributed by atoms with E-state index in [2.05, 4.69) is 10.2 Å². The molecule has 0 bridgehead atoms. The van der Waals surface area contributed by atoms with E-state index in [0.717, 1.165) is 24.2 Å². The van der Waals surface area contributed by atoms with Crippen LogP contribution in [0.5, 0.6) is 0 Å². The molecule has 182 valence electrons. The number of hydrogen-bond acceptors (Lipinski definition) is 5. The molecule has 0 aromatic heterocycles. The minimum Gasteiger partial charge on any atom is -0.453 e. The summed E-state index contributed by atoms with van der Waals surface area (Å²) in [6, 6.07) is 15.3. The lowest BCUT2D eigenvalue weighted by molar-refractivity contribution is -0.130. The van der Waals surface area contributed by atoms with E-state index in [-0.39, 0.29) is 17.9 Å². The summed E-state index contributed by atoms with van der Waals surface area (Å²) < 4.78 is 4.73. The largest absolute Gasteiger partial charge is 0.453 e. The van der Waals surface area contributed by atoms with Crippen molar-refractivity contribution in [3.8, 4) is 0 Å². The summed E-state index contributed by atoms with van der Waals surface area (Å²) in [6.45, 7) is 9.64. The molecule has 2 aromatic carbocycles. The highest BCUT2D eigenvalue weighted by molar-refractivity contribution is 5.94. The molecule has 2 aromatic rings. The van der Waals surface area contributed by atoms with E-state index >= 15 is 0 Å². The Hall–Kier alpha value is -3.39. The Labute approximate surface area is 201 Å². The van der Waals surface area contributed by atoms with Crippen molar-refractivity contribution in [3.63, 3.8) is 0 Å². The fourth-order valence-electron chi connectivity index (χ4n) is 4.37. The third kappa shape index (κ3) is 5.94. The Morgan fingerprint density at radius 1 is 0.971 bits per heavy atom.